The van der Waals surface area contributed by atoms with Gasteiger partial charge in [-0.15, -0.1) is 0 Å². The average Bonchev–Trinajstić information content (AvgIpc) is 2.72. The van der Waals surface area contributed by atoms with Gasteiger partial charge in [0.1, 0.15) is 16.9 Å². The van der Waals surface area contributed by atoms with Gasteiger partial charge in [-0.3, -0.25) is 18.7 Å². The molecule has 30 heavy (non-hydrogen) atoms. The minimum Gasteiger partial charge on any atom is -0.497 e. The number of ether oxygens (including phenoxy) is 1. The predicted molar refractivity (Wildman–Crippen MR) is 113 cm³/mol. The third-order valence-electron chi connectivity index (χ3n) is 5.34. The summed E-state index contributed by atoms with van der Waals surface area (Å²) in [5.41, 5.74) is -0.0718. The lowest BCUT2D eigenvalue weighted by Gasteiger charge is -2.14. The van der Waals surface area contributed by atoms with Crippen molar-refractivity contribution in [2.24, 2.45) is 0 Å². The van der Waals surface area contributed by atoms with E-state index in [9.17, 15) is 18.0 Å². The van der Waals surface area contributed by atoms with Gasteiger partial charge < -0.3 is 9.15 Å². The Balaban J connectivity index is 1.93. The maximum atomic E-state index is 13.0. The van der Waals surface area contributed by atoms with Gasteiger partial charge in [-0.25, -0.2) is 0 Å². The van der Waals surface area contributed by atoms with E-state index in [0.29, 0.717) is 27.7 Å². The first kappa shape index (κ1) is 18.6. The molecule has 0 aliphatic carbocycles. The summed E-state index contributed by atoms with van der Waals surface area (Å²) >= 11 is 0. The molecule has 8 nitrogen and oxygen atoms in total. The highest BCUT2D eigenvalue weighted by Crippen LogP contribution is 2.37. The van der Waals surface area contributed by atoms with Gasteiger partial charge in [0.25, 0.3) is 21.2 Å². The minimum atomic E-state index is -4.33. The summed E-state index contributed by atoms with van der Waals surface area (Å²) in [6, 6.07) is 12.0. The molecule has 0 unspecified atom stereocenters. The second-order valence-corrected chi connectivity index (χ2v) is 8.61. The maximum Gasteiger partial charge on any atom is 0.266 e. The largest absolute Gasteiger partial charge is 0.497 e. The fourth-order valence-corrected chi connectivity index (χ4v) is 4.39. The molecule has 0 aliphatic heterocycles. The summed E-state index contributed by atoms with van der Waals surface area (Å²) in [6.07, 6.45) is 0. The van der Waals surface area contributed by atoms with Crippen LogP contribution in [-0.2, 0) is 16.7 Å². The number of hydrogen-bond acceptors (Lipinski definition) is 6. The standard InChI is InChI=1S/C21H15NO7S/c1-28-11-2-6-16-15(10-11)12-3-4-13-18-14(5-7-17(29-16)19(12)18)21(24)22(20(13)23)8-9-30(25,26)27/h2-7,10H,8-9H2,1H3,(H,25,26,27). The van der Waals surface area contributed by atoms with Crippen molar-refractivity contribution in [3.63, 3.8) is 0 Å². The Morgan fingerprint density at radius 1 is 0.900 bits per heavy atom. The van der Waals surface area contributed by atoms with Crippen molar-refractivity contribution < 1.29 is 22.1 Å². The van der Waals surface area contributed by atoms with E-state index >= 15 is 0 Å². The maximum absolute atomic E-state index is 13.0. The molecule has 9 heteroatoms. The number of fused-ring (bicyclic) bond motifs is 2. The highest BCUT2D eigenvalue weighted by molar-refractivity contribution is 7.85. The quantitative estimate of drug-likeness (QED) is 0.267. The van der Waals surface area contributed by atoms with E-state index in [4.69, 9.17) is 13.7 Å². The predicted octanol–water partition coefficient (Wildman–Crippen LogP) is 2.75. The zero-order valence-electron chi connectivity index (χ0n) is 15.7. The van der Waals surface area contributed by atoms with Crippen molar-refractivity contribution in [3.8, 4) is 5.75 Å². The van der Waals surface area contributed by atoms with Gasteiger partial charge in [0.2, 0.25) is 0 Å². The van der Waals surface area contributed by atoms with Gasteiger partial charge in [-0.1, -0.05) is 6.07 Å². The van der Waals surface area contributed by atoms with E-state index in [1.54, 1.807) is 43.5 Å². The zero-order chi connectivity index (χ0) is 21.2. The number of benzene rings is 3. The first-order chi connectivity index (χ1) is 14.3. The van der Waals surface area contributed by atoms with E-state index in [1.807, 2.05) is 6.07 Å². The number of methoxy groups -OCH3 is 1. The summed E-state index contributed by atoms with van der Waals surface area (Å²) in [5.74, 6) is -0.0834. The Morgan fingerprint density at radius 2 is 1.53 bits per heavy atom. The molecule has 0 amide bonds. The fraction of sp³-hybridized carbons (Fsp3) is 0.143. The van der Waals surface area contributed by atoms with E-state index in [0.717, 1.165) is 15.3 Å². The van der Waals surface area contributed by atoms with Gasteiger partial charge in [-0.2, -0.15) is 8.42 Å². The molecular formula is C21H15NO7S. The molecule has 0 bridgehead atoms. The van der Waals surface area contributed by atoms with Crippen LogP contribution >= 0.6 is 0 Å². The van der Waals surface area contributed by atoms with Gasteiger partial charge in [0.15, 0.2) is 0 Å². The van der Waals surface area contributed by atoms with Crippen LogP contribution in [0.1, 0.15) is 0 Å². The molecule has 5 aromatic rings. The molecule has 152 valence electrons. The second-order valence-electron chi connectivity index (χ2n) is 7.03. The molecule has 2 aromatic heterocycles. The van der Waals surface area contributed by atoms with Gasteiger partial charge >= 0.3 is 0 Å². The first-order valence-electron chi connectivity index (χ1n) is 9.06. The number of pyridine rings is 1. The summed E-state index contributed by atoms with van der Waals surface area (Å²) in [7, 11) is -2.76. The van der Waals surface area contributed by atoms with Crippen LogP contribution in [0.3, 0.4) is 0 Å². The van der Waals surface area contributed by atoms with Gasteiger partial charge in [0, 0.05) is 33.5 Å². The molecule has 0 saturated carbocycles. The molecule has 2 heterocycles. The molecule has 0 saturated heterocycles. The first-order valence-corrected chi connectivity index (χ1v) is 10.7. The molecular weight excluding hydrogens is 410 g/mol. The van der Waals surface area contributed by atoms with E-state index in [2.05, 4.69) is 0 Å². The van der Waals surface area contributed by atoms with Crippen LogP contribution < -0.4 is 15.9 Å². The lowest BCUT2D eigenvalue weighted by molar-refractivity contribution is 0.415. The molecule has 0 aliphatic rings. The Morgan fingerprint density at radius 3 is 2.20 bits per heavy atom. The number of nitrogens with zero attached hydrogens (tertiary/aromatic N) is 1. The molecule has 3 aromatic carbocycles. The molecule has 0 atom stereocenters. The zero-order valence-corrected chi connectivity index (χ0v) is 16.5. The van der Waals surface area contributed by atoms with Gasteiger partial charge in [0.05, 0.1) is 12.9 Å². The molecule has 1 N–H and O–H groups in total. The highest BCUT2D eigenvalue weighted by atomic mass is 32.2. The minimum absolute atomic E-state index is 0.274. The lowest BCUT2D eigenvalue weighted by Crippen LogP contribution is -2.35. The van der Waals surface area contributed by atoms with Crippen LogP contribution in [0, 0.1) is 0 Å². The lowest BCUT2D eigenvalue weighted by atomic mass is 9.96. The van der Waals surface area contributed by atoms with Crippen LogP contribution in [0.2, 0.25) is 0 Å². The Labute approximate surface area is 169 Å². The Hall–Kier alpha value is -3.43. The second kappa shape index (κ2) is 6.28. The van der Waals surface area contributed by atoms with Crippen LogP contribution in [0.25, 0.3) is 43.5 Å². The number of aromatic nitrogens is 1. The van der Waals surface area contributed by atoms with Crippen LogP contribution in [0.5, 0.6) is 5.75 Å². The summed E-state index contributed by atoms with van der Waals surface area (Å²) in [6.45, 7) is -0.433. The SMILES string of the molecule is COc1ccc2oc3ccc4c(=O)n(CCS(=O)(=O)O)c(=O)c5ccc(c2c1)c3c45. The summed E-state index contributed by atoms with van der Waals surface area (Å²) < 4.78 is 43.4. The highest BCUT2D eigenvalue weighted by Gasteiger charge is 2.20. The topological polar surface area (TPSA) is 116 Å². The average molecular weight is 425 g/mol. The normalized spacial score (nSPS) is 12.5. The van der Waals surface area contributed by atoms with Crippen molar-refractivity contribution in [3.05, 3.63) is 63.2 Å². The fourth-order valence-electron chi connectivity index (χ4n) is 3.98. The van der Waals surface area contributed by atoms with Crippen LogP contribution in [-0.4, -0.2) is 30.4 Å². The molecule has 0 spiro atoms. The Kier molecular flexibility index (Phi) is 3.89. The van der Waals surface area contributed by atoms with Crippen molar-refractivity contribution in [1.82, 2.24) is 4.57 Å². The van der Waals surface area contributed by atoms with E-state index in [1.165, 1.54) is 0 Å². The number of hydrogen-bond donors (Lipinski definition) is 1. The third kappa shape index (κ3) is 2.66. The van der Waals surface area contributed by atoms with Crippen LogP contribution in [0.4, 0.5) is 0 Å². The van der Waals surface area contributed by atoms with Crippen molar-refractivity contribution in [1.29, 1.82) is 0 Å². The van der Waals surface area contributed by atoms with E-state index in [-0.39, 0.29) is 10.8 Å². The monoisotopic (exact) mass is 425 g/mol. The molecule has 5 rings (SSSR count). The van der Waals surface area contributed by atoms with E-state index < -0.39 is 33.5 Å². The third-order valence-corrected chi connectivity index (χ3v) is 6.04. The molecule has 0 fully saturated rings. The van der Waals surface area contributed by atoms with Gasteiger partial charge in [-0.05, 0) is 41.8 Å². The smallest absolute Gasteiger partial charge is 0.266 e. The van der Waals surface area contributed by atoms with Crippen molar-refractivity contribution in [2.75, 3.05) is 12.9 Å². The molecule has 0 radical (unpaired) electrons. The Bertz CT molecular complexity index is 1660. The summed E-state index contributed by atoms with van der Waals surface area (Å²) in [4.78, 5) is 25.9. The summed E-state index contributed by atoms with van der Waals surface area (Å²) in [5, 5.41) is 3.24. The number of rotatable bonds is 4. The van der Waals surface area contributed by atoms with Crippen LogP contribution in [0.15, 0.2) is 56.5 Å². The van der Waals surface area contributed by atoms with Crippen molar-refractivity contribution >= 4 is 53.6 Å². The van der Waals surface area contributed by atoms with Crippen molar-refractivity contribution in [2.45, 2.75) is 6.54 Å².